The van der Waals surface area contributed by atoms with E-state index in [2.05, 4.69) is 27.9 Å². The molecule has 0 aliphatic rings. The highest BCUT2D eigenvalue weighted by Gasteiger charge is 2.29. The largest absolute Gasteiger partial charge is 0.378 e. The number of rotatable bonds is 3. The average molecular weight is 335 g/mol. The topological polar surface area (TPSA) is 61.8 Å². The summed E-state index contributed by atoms with van der Waals surface area (Å²) in [6.45, 7) is 3.85. The van der Waals surface area contributed by atoms with Gasteiger partial charge in [-0.05, 0) is 49.2 Å². The van der Waals surface area contributed by atoms with Crippen LogP contribution in [0.5, 0.6) is 0 Å². The average Bonchev–Trinajstić information content (AvgIpc) is 3.22. The number of nitrogens with one attached hydrogen (secondary N) is 1. The molecule has 120 valence electrons. The normalized spacial score (nSPS) is 14.0. The predicted octanol–water partition coefficient (Wildman–Crippen LogP) is 4.25. The van der Waals surface area contributed by atoms with Crippen molar-refractivity contribution in [2.45, 2.75) is 19.4 Å². The maximum atomic E-state index is 11.0. The highest BCUT2D eigenvalue weighted by Crippen LogP contribution is 2.36. The first kappa shape index (κ1) is 15.1. The van der Waals surface area contributed by atoms with Crippen LogP contribution < -0.4 is 0 Å². The zero-order valence-electron chi connectivity index (χ0n) is 13.4. The van der Waals surface area contributed by atoms with Crippen molar-refractivity contribution in [1.29, 1.82) is 0 Å². The standard InChI is InChI=1S/C19H17N3OS/c1-12-17(13-5-7-20-8-6-13)15-11-14(3-4-16(15)22-12)19(2,23)18-21-9-10-24-18/h3-11,22-23H,1-2H3. The number of aromatic amines is 1. The molecule has 0 bridgehead atoms. The Hall–Kier alpha value is -2.50. The molecular weight excluding hydrogens is 318 g/mol. The van der Waals surface area contributed by atoms with Crippen molar-refractivity contribution in [3.05, 3.63) is 70.6 Å². The Kier molecular flexibility index (Phi) is 3.48. The number of thiazole rings is 1. The number of benzene rings is 1. The van der Waals surface area contributed by atoms with Gasteiger partial charge in [-0.2, -0.15) is 0 Å². The van der Waals surface area contributed by atoms with E-state index in [4.69, 9.17) is 0 Å². The first-order chi connectivity index (χ1) is 11.6. The fraction of sp³-hybridized carbons (Fsp3) is 0.158. The van der Waals surface area contributed by atoms with Gasteiger partial charge in [-0.15, -0.1) is 11.3 Å². The zero-order valence-corrected chi connectivity index (χ0v) is 14.3. The zero-order chi connectivity index (χ0) is 16.7. The Balaban J connectivity index is 1.93. The Morgan fingerprint density at radius 1 is 1.12 bits per heavy atom. The molecule has 0 radical (unpaired) electrons. The van der Waals surface area contributed by atoms with Crippen LogP contribution in [0.4, 0.5) is 0 Å². The van der Waals surface area contributed by atoms with Crippen LogP contribution in [-0.4, -0.2) is 20.1 Å². The van der Waals surface area contributed by atoms with Crippen molar-refractivity contribution in [3.8, 4) is 11.1 Å². The number of nitrogens with zero attached hydrogens (tertiary/aromatic N) is 2. The molecule has 0 spiro atoms. The van der Waals surface area contributed by atoms with Crippen molar-refractivity contribution >= 4 is 22.2 Å². The summed E-state index contributed by atoms with van der Waals surface area (Å²) < 4.78 is 0. The molecule has 1 unspecified atom stereocenters. The van der Waals surface area contributed by atoms with Crippen molar-refractivity contribution in [2.24, 2.45) is 0 Å². The predicted molar refractivity (Wildman–Crippen MR) is 97.1 cm³/mol. The number of aryl methyl sites for hydroxylation is 1. The lowest BCUT2D eigenvalue weighted by Crippen LogP contribution is -2.22. The summed E-state index contributed by atoms with van der Waals surface area (Å²) in [4.78, 5) is 11.8. The third-order valence-electron chi connectivity index (χ3n) is 4.37. The van der Waals surface area contributed by atoms with Crippen molar-refractivity contribution in [2.75, 3.05) is 0 Å². The van der Waals surface area contributed by atoms with Gasteiger partial charge in [-0.1, -0.05) is 6.07 Å². The van der Waals surface area contributed by atoms with E-state index < -0.39 is 5.60 Å². The summed E-state index contributed by atoms with van der Waals surface area (Å²) >= 11 is 1.46. The summed E-state index contributed by atoms with van der Waals surface area (Å²) in [5, 5.41) is 14.7. The van der Waals surface area contributed by atoms with E-state index >= 15 is 0 Å². The minimum atomic E-state index is -1.11. The van der Waals surface area contributed by atoms with E-state index in [1.807, 2.05) is 29.6 Å². The van der Waals surface area contributed by atoms with E-state index in [0.717, 1.165) is 33.3 Å². The number of H-pyrrole nitrogens is 1. The van der Waals surface area contributed by atoms with E-state index in [9.17, 15) is 5.11 Å². The number of hydrogen-bond acceptors (Lipinski definition) is 4. The molecule has 0 amide bonds. The second-order valence-electron chi connectivity index (χ2n) is 6.03. The van der Waals surface area contributed by atoms with Crippen LogP contribution >= 0.6 is 11.3 Å². The molecular formula is C19H17N3OS. The monoisotopic (exact) mass is 335 g/mol. The Morgan fingerprint density at radius 3 is 2.62 bits per heavy atom. The molecule has 1 aromatic carbocycles. The molecule has 0 aliphatic heterocycles. The van der Waals surface area contributed by atoms with Gasteiger partial charge >= 0.3 is 0 Å². The fourth-order valence-electron chi connectivity index (χ4n) is 3.11. The first-order valence-electron chi connectivity index (χ1n) is 7.73. The first-order valence-corrected chi connectivity index (χ1v) is 8.61. The lowest BCUT2D eigenvalue weighted by molar-refractivity contribution is 0.102. The molecule has 4 aromatic rings. The minimum Gasteiger partial charge on any atom is -0.378 e. The maximum Gasteiger partial charge on any atom is 0.138 e. The van der Waals surface area contributed by atoms with E-state index in [0.29, 0.717) is 5.01 Å². The van der Waals surface area contributed by atoms with Crippen molar-refractivity contribution in [1.82, 2.24) is 15.0 Å². The van der Waals surface area contributed by atoms with Gasteiger partial charge in [0.25, 0.3) is 0 Å². The minimum absolute atomic E-state index is 0.694. The molecule has 4 nitrogen and oxygen atoms in total. The lowest BCUT2D eigenvalue weighted by atomic mass is 9.93. The quantitative estimate of drug-likeness (QED) is 0.588. The number of aromatic nitrogens is 3. The molecule has 3 heterocycles. The molecule has 0 fully saturated rings. The van der Waals surface area contributed by atoms with E-state index in [1.165, 1.54) is 11.3 Å². The van der Waals surface area contributed by atoms with Gasteiger partial charge in [0.1, 0.15) is 10.6 Å². The SMILES string of the molecule is Cc1[nH]c2ccc(C(C)(O)c3nccs3)cc2c1-c1ccncc1. The van der Waals surface area contributed by atoms with Crippen molar-refractivity contribution in [3.63, 3.8) is 0 Å². The van der Waals surface area contributed by atoms with Gasteiger partial charge in [0, 0.05) is 46.1 Å². The van der Waals surface area contributed by atoms with Gasteiger partial charge in [0.2, 0.25) is 0 Å². The summed E-state index contributed by atoms with van der Waals surface area (Å²) in [6.07, 6.45) is 5.31. The Morgan fingerprint density at radius 2 is 1.92 bits per heavy atom. The van der Waals surface area contributed by atoms with Gasteiger partial charge in [-0.3, -0.25) is 4.98 Å². The highest BCUT2D eigenvalue weighted by molar-refractivity contribution is 7.09. The van der Waals surface area contributed by atoms with E-state index in [1.54, 1.807) is 25.5 Å². The number of aliphatic hydroxyl groups is 1. The highest BCUT2D eigenvalue weighted by atomic mass is 32.1. The number of pyridine rings is 1. The third-order valence-corrected chi connectivity index (χ3v) is 5.35. The molecule has 3 aromatic heterocycles. The van der Waals surface area contributed by atoms with Gasteiger partial charge in [0.05, 0.1) is 0 Å². The Bertz CT molecular complexity index is 988. The number of fused-ring (bicyclic) bond motifs is 1. The molecule has 2 N–H and O–H groups in total. The van der Waals surface area contributed by atoms with Crippen LogP contribution in [0.2, 0.25) is 0 Å². The molecule has 4 rings (SSSR count). The summed E-state index contributed by atoms with van der Waals surface area (Å²) in [6, 6.07) is 10.0. The van der Waals surface area contributed by atoms with Crippen LogP contribution in [0.25, 0.3) is 22.0 Å². The number of hydrogen-bond donors (Lipinski definition) is 2. The van der Waals surface area contributed by atoms with E-state index in [-0.39, 0.29) is 0 Å². The van der Waals surface area contributed by atoms with Crippen LogP contribution in [0, 0.1) is 6.92 Å². The lowest BCUT2D eigenvalue weighted by Gasteiger charge is -2.21. The smallest absolute Gasteiger partial charge is 0.138 e. The molecule has 24 heavy (non-hydrogen) atoms. The molecule has 1 atom stereocenters. The van der Waals surface area contributed by atoms with Crippen LogP contribution in [0.3, 0.4) is 0 Å². The Labute approximate surface area is 143 Å². The second-order valence-corrected chi connectivity index (χ2v) is 6.93. The van der Waals surface area contributed by atoms with Crippen LogP contribution in [0.1, 0.15) is 23.2 Å². The molecule has 0 saturated carbocycles. The molecule has 0 aliphatic carbocycles. The summed E-state index contributed by atoms with van der Waals surface area (Å²) in [5.41, 5.74) is 4.13. The second kappa shape index (κ2) is 5.54. The maximum absolute atomic E-state index is 11.0. The molecule has 0 saturated heterocycles. The fourth-order valence-corrected chi connectivity index (χ4v) is 3.83. The van der Waals surface area contributed by atoms with Crippen LogP contribution in [-0.2, 0) is 5.60 Å². The summed E-state index contributed by atoms with van der Waals surface area (Å²) in [7, 11) is 0. The van der Waals surface area contributed by atoms with Crippen LogP contribution in [0.15, 0.2) is 54.3 Å². The van der Waals surface area contributed by atoms with Gasteiger partial charge in [-0.25, -0.2) is 4.98 Å². The third kappa shape index (κ3) is 2.33. The van der Waals surface area contributed by atoms with Gasteiger partial charge in [0.15, 0.2) is 0 Å². The van der Waals surface area contributed by atoms with Crippen molar-refractivity contribution < 1.29 is 5.11 Å². The summed E-state index contributed by atoms with van der Waals surface area (Å²) in [5.74, 6) is 0. The molecule has 5 heteroatoms. The van der Waals surface area contributed by atoms with Gasteiger partial charge < -0.3 is 10.1 Å².